The Hall–Kier alpha value is -1.60. The molecule has 1 amide bonds. The van der Waals surface area contributed by atoms with Crippen molar-refractivity contribution in [1.82, 2.24) is 4.90 Å². The molecule has 0 aliphatic carbocycles. The van der Waals surface area contributed by atoms with Crippen LogP contribution in [0.3, 0.4) is 0 Å². The maximum absolute atomic E-state index is 13.1. The number of rotatable bonds is 5. The minimum Gasteiger partial charge on any atom is -0.465 e. The molecule has 0 radical (unpaired) electrons. The Labute approximate surface area is 139 Å². The van der Waals surface area contributed by atoms with Crippen LogP contribution in [-0.4, -0.2) is 55.8 Å². The smallest absolute Gasteiger partial charge is 0.364 e. The van der Waals surface area contributed by atoms with E-state index in [-0.39, 0.29) is 29.6 Å². The summed E-state index contributed by atoms with van der Waals surface area (Å²) in [5.74, 6) is 0.212. The molecule has 1 aromatic carbocycles. The van der Waals surface area contributed by atoms with Crippen LogP contribution < -0.4 is 4.90 Å². The van der Waals surface area contributed by atoms with E-state index in [9.17, 15) is 14.0 Å². The maximum atomic E-state index is 13.1. The number of nitrogens with zero attached hydrogens (tertiary/aromatic N) is 1. The summed E-state index contributed by atoms with van der Waals surface area (Å²) in [7, 11) is 3.14. The third kappa shape index (κ3) is 4.23. The van der Waals surface area contributed by atoms with Gasteiger partial charge in [-0.15, -0.1) is 11.8 Å². The van der Waals surface area contributed by atoms with Crippen molar-refractivity contribution < 1.29 is 23.6 Å². The molecule has 1 fully saturated rings. The van der Waals surface area contributed by atoms with Crippen molar-refractivity contribution in [3.05, 3.63) is 35.6 Å². The molecule has 0 saturated carbocycles. The predicted octanol–water partition coefficient (Wildman–Crippen LogP) is 0.476. The highest BCUT2D eigenvalue weighted by atomic mass is 32.2. The number of likely N-dealkylation sites (N-methyl/N-ethyl adjacent to an activating group) is 1. The maximum Gasteiger partial charge on any atom is 0.364 e. The third-order valence-corrected chi connectivity index (χ3v) is 5.35. The lowest BCUT2D eigenvalue weighted by Gasteiger charge is -2.26. The van der Waals surface area contributed by atoms with Gasteiger partial charge in [-0.1, -0.05) is 12.1 Å². The molecule has 0 aromatic heterocycles. The van der Waals surface area contributed by atoms with Crippen molar-refractivity contribution in [3.8, 4) is 0 Å². The number of quaternary nitrogens is 1. The van der Waals surface area contributed by atoms with Crippen molar-refractivity contribution in [3.63, 3.8) is 0 Å². The average molecular weight is 341 g/mol. The number of hydrogen-bond acceptors (Lipinski definition) is 4. The Morgan fingerprint density at radius 3 is 2.70 bits per heavy atom. The van der Waals surface area contributed by atoms with Crippen molar-refractivity contribution >= 4 is 23.6 Å². The molecule has 1 aliphatic rings. The van der Waals surface area contributed by atoms with Gasteiger partial charge in [0, 0.05) is 12.3 Å². The van der Waals surface area contributed by atoms with E-state index in [1.807, 2.05) is 0 Å². The van der Waals surface area contributed by atoms with Gasteiger partial charge < -0.3 is 14.5 Å². The lowest BCUT2D eigenvalue weighted by molar-refractivity contribution is -0.887. The Balaban J connectivity index is 2.03. The molecule has 1 heterocycles. The predicted molar refractivity (Wildman–Crippen MR) is 86.5 cm³/mol. The van der Waals surface area contributed by atoms with Crippen LogP contribution in [0, 0.1) is 5.82 Å². The molecule has 1 aliphatic heterocycles. The number of carbonyl (C=O) groups excluding carboxylic acids is 2. The van der Waals surface area contributed by atoms with Crippen LogP contribution in [0.25, 0.3) is 0 Å². The zero-order valence-corrected chi connectivity index (χ0v) is 14.4. The van der Waals surface area contributed by atoms with Gasteiger partial charge in [0.05, 0.1) is 14.2 Å². The van der Waals surface area contributed by atoms with Crippen molar-refractivity contribution in [1.29, 1.82) is 0 Å². The third-order valence-electron chi connectivity index (χ3n) is 4.09. The second kappa shape index (κ2) is 7.79. The number of nitrogens with one attached hydrogen (secondary N) is 1. The highest BCUT2D eigenvalue weighted by molar-refractivity contribution is 7.99. The first-order valence-electron chi connectivity index (χ1n) is 7.50. The number of hydrogen-bond donors (Lipinski definition) is 1. The molecule has 3 atom stereocenters. The SMILES string of the molecule is COC(=O)[C@H](C)[NH+](C)CC(=O)N1CCS[C@@H]1c1ccc(F)cc1. The van der Waals surface area contributed by atoms with Crippen LogP contribution in [0.1, 0.15) is 17.9 Å². The summed E-state index contributed by atoms with van der Waals surface area (Å²) in [6, 6.07) is 5.85. The summed E-state index contributed by atoms with van der Waals surface area (Å²) in [5, 5.41) is -0.0932. The summed E-state index contributed by atoms with van der Waals surface area (Å²) in [6.07, 6.45) is 0. The number of amides is 1. The zero-order chi connectivity index (χ0) is 17.0. The minimum absolute atomic E-state index is 0.0161. The van der Waals surface area contributed by atoms with Crippen molar-refractivity contribution in [2.45, 2.75) is 18.3 Å². The van der Waals surface area contributed by atoms with Gasteiger partial charge in [0.25, 0.3) is 5.91 Å². The molecule has 1 aromatic rings. The summed E-state index contributed by atoms with van der Waals surface area (Å²) in [4.78, 5) is 26.7. The van der Waals surface area contributed by atoms with Gasteiger partial charge >= 0.3 is 5.97 Å². The standard InChI is InChI=1S/C16H21FN2O3S/c1-11(16(21)22-3)18(2)10-14(20)19-8-9-23-15(19)12-4-6-13(17)7-5-12/h4-7,11,15H,8-10H2,1-3H3/p+1/t11-,15+/m0/s1. The Morgan fingerprint density at radius 2 is 2.09 bits per heavy atom. The summed E-state index contributed by atoms with van der Waals surface area (Å²) in [5.41, 5.74) is 0.918. The van der Waals surface area contributed by atoms with Gasteiger partial charge in [0.2, 0.25) is 0 Å². The topological polar surface area (TPSA) is 51.1 Å². The zero-order valence-electron chi connectivity index (χ0n) is 13.5. The quantitative estimate of drug-likeness (QED) is 0.792. The number of ether oxygens (including phenoxy) is 1. The number of halogens is 1. The highest BCUT2D eigenvalue weighted by Gasteiger charge is 2.33. The van der Waals surface area contributed by atoms with Gasteiger partial charge in [-0.3, -0.25) is 4.79 Å². The molecule has 5 nitrogen and oxygen atoms in total. The van der Waals surface area contributed by atoms with Gasteiger partial charge in [0.1, 0.15) is 11.2 Å². The normalized spacial score (nSPS) is 20.2. The number of carbonyl (C=O) groups is 2. The van der Waals surface area contributed by atoms with E-state index in [0.29, 0.717) is 6.54 Å². The highest BCUT2D eigenvalue weighted by Crippen LogP contribution is 2.37. The molecular weight excluding hydrogens is 319 g/mol. The Bertz CT molecular complexity index is 567. The first-order chi connectivity index (χ1) is 10.9. The van der Waals surface area contributed by atoms with Crippen LogP contribution in [0.4, 0.5) is 4.39 Å². The van der Waals surface area contributed by atoms with Crippen LogP contribution in [0.2, 0.25) is 0 Å². The molecule has 1 saturated heterocycles. The van der Waals surface area contributed by atoms with E-state index in [1.54, 1.807) is 42.8 Å². The largest absolute Gasteiger partial charge is 0.465 e. The second-order valence-electron chi connectivity index (χ2n) is 5.63. The molecule has 23 heavy (non-hydrogen) atoms. The fourth-order valence-corrected chi connectivity index (χ4v) is 3.78. The first-order valence-corrected chi connectivity index (χ1v) is 8.55. The van der Waals surface area contributed by atoms with E-state index in [2.05, 4.69) is 0 Å². The molecule has 7 heteroatoms. The van der Waals surface area contributed by atoms with E-state index in [4.69, 9.17) is 4.74 Å². The molecule has 2 rings (SSSR count). The molecular formula is C16H22FN2O3S+. The summed E-state index contributed by atoms with van der Waals surface area (Å²) < 4.78 is 17.8. The fourth-order valence-electron chi connectivity index (χ4n) is 2.50. The fraction of sp³-hybridized carbons (Fsp3) is 0.500. The first kappa shape index (κ1) is 17.7. The van der Waals surface area contributed by atoms with Gasteiger partial charge in [0.15, 0.2) is 12.6 Å². The number of benzene rings is 1. The van der Waals surface area contributed by atoms with E-state index < -0.39 is 6.04 Å². The average Bonchev–Trinajstić information content (AvgIpc) is 3.03. The molecule has 1 unspecified atom stereocenters. The van der Waals surface area contributed by atoms with Crippen molar-refractivity contribution in [2.75, 3.05) is 33.0 Å². The van der Waals surface area contributed by atoms with Gasteiger partial charge in [-0.2, -0.15) is 0 Å². The van der Waals surface area contributed by atoms with Crippen LogP contribution in [0.15, 0.2) is 24.3 Å². The second-order valence-corrected chi connectivity index (χ2v) is 6.82. The monoisotopic (exact) mass is 341 g/mol. The lowest BCUT2D eigenvalue weighted by Crippen LogP contribution is -3.14. The van der Waals surface area contributed by atoms with E-state index in [0.717, 1.165) is 16.2 Å². The number of methoxy groups -OCH3 is 1. The van der Waals surface area contributed by atoms with Crippen LogP contribution >= 0.6 is 11.8 Å². The molecule has 126 valence electrons. The molecule has 1 N–H and O–H groups in total. The van der Waals surface area contributed by atoms with Gasteiger partial charge in [-0.25, -0.2) is 9.18 Å². The van der Waals surface area contributed by atoms with E-state index >= 15 is 0 Å². The molecule has 0 bridgehead atoms. The summed E-state index contributed by atoms with van der Waals surface area (Å²) in [6.45, 7) is 2.62. The lowest BCUT2D eigenvalue weighted by atomic mass is 10.2. The van der Waals surface area contributed by atoms with Crippen molar-refractivity contribution in [2.24, 2.45) is 0 Å². The number of thioether (sulfide) groups is 1. The van der Waals surface area contributed by atoms with Gasteiger partial charge in [-0.05, 0) is 24.6 Å². The summed E-state index contributed by atoms with van der Waals surface area (Å²) >= 11 is 1.67. The van der Waals surface area contributed by atoms with Crippen LogP contribution in [0.5, 0.6) is 0 Å². The molecule has 0 spiro atoms. The Morgan fingerprint density at radius 1 is 1.43 bits per heavy atom. The minimum atomic E-state index is -0.400. The Kier molecular flexibility index (Phi) is 6.01. The van der Waals surface area contributed by atoms with E-state index in [1.165, 1.54) is 19.2 Å². The number of esters is 1. The van der Waals surface area contributed by atoms with Crippen LogP contribution in [-0.2, 0) is 14.3 Å².